The maximum Gasteiger partial charge on any atom is 0.208 e. The first-order valence-corrected chi connectivity index (χ1v) is 7.02. The molecule has 0 aliphatic heterocycles. The lowest BCUT2D eigenvalue weighted by molar-refractivity contribution is 0.589. The second-order valence-corrected chi connectivity index (χ2v) is 6.04. The number of sulfone groups is 1. The van der Waals surface area contributed by atoms with Gasteiger partial charge in [-0.15, -0.1) is 0 Å². The van der Waals surface area contributed by atoms with Gasteiger partial charge in [0.2, 0.25) is 9.84 Å². The first-order valence-electron chi connectivity index (χ1n) is 5.16. The van der Waals surface area contributed by atoms with Gasteiger partial charge >= 0.3 is 0 Å². The number of hydrogen-bond donors (Lipinski definition) is 0. The zero-order valence-corrected chi connectivity index (χ0v) is 11.0. The molecule has 2 rings (SSSR count). The molecular weight excluding hydrogens is 289 g/mol. The van der Waals surface area contributed by atoms with E-state index in [1.807, 2.05) is 0 Å². The van der Waals surface area contributed by atoms with Gasteiger partial charge in [0, 0.05) is 5.02 Å². The molecule has 3 nitrogen and oxygen atoms in total. The molecule has 0 radical (unpaired) electrons. The van der Waals surface area contributed by atoms with Crippen LogP contribution in [0.4, 0.5) is 4.39 Å². The van der Waals surface area contributed by atoms with E-state index in [0.29, 0.717) is 5.02 Å². The Morgan fingerprint density at radius 2 is 1.74 bits per heavy atom. The molecule has 0 atom stereocenters. The number of hydrogen-bond acceptors (Lipinski definition) is 3. The van der Waals surface area contributed by atoms with Crippen LogP contribution in [0, 0.1) is 17.1 Å². The van der Waals surface area contributed by atoms with Gasteiger partial charge in [0.15, 0.2) is 0 Å². The quantitative estimate of drug-likeness (QED) is 0.855. The van der Waals surface area contributed by atoms with Crippen molar-refractivity contribution in [3.8, 4) is 6.07 Å². The summed E-state index contributed by atoms with van der Waals surface area (Å²) < 4.78 is 38.1. The predicted octanol–water partition coefficient (Wildman–Crippen LogP) is 3.18. The van der Waals surface area contributed by atoms with Crippen LogP contribution in [0.15, 0.2) is 52.3 Å². The fraction of sp³-hybridized carbons (Fsp3) is 0. The van der Waals surface area contributed by atoms with Crippen molar-refractivity contribution in [1.82, 2.24) is 0 Å². The molecular formula is C13H7ClFNO2S. The fourth-order valence-corrected chi connectivity index (χ4v) is 3.12. The molecule has 0 saturated carbocycles. The molecule has 0 bridgehead atoms. The van der Waals surface area contributed by atoms with Gasteiger partial charge in [0.05, 0.1) is 9.79 Å². The minimum atomic E-state index is -3.94. The number of nitrogens with zero attached hydrogens (tertiary/aromatic N) is 1. The molecule has 6 heteroatoms. The monoisotopic (exact) mass is 295 g/mol. The van der Waals surface area contributed by atoms with E-state index in [0.717, 1.165) is 6.07 Å². The third kappa shape index (κ3) is 2.46. The maximum absolute atomic E-state index is 13.5. The van der Waals surface area contributed by atoms with Gasteiger partial charge in [-0.3, -0.25) is 0 Å². The van der Waals surface area contributed by atoms with Crippen molar-refractivity contribution in [3.63, 3.8) is 0 Å². The van der Waals surface area contributed by atoms with E-state index in [1.54, 1.807) is 6.07 Å². The molecule has 0 spiro atoms. The van der Waals surface area contributed by atoms with Crippen LogP contribution in [0.3, 0.4) is 0 Å². The Bertz CT molecular complexity index is 764. The summed E-state index contributed by atoms with van der Waals surface area (Å²) in [6, 6.07) is 10.5. The van der Waals surface area contributed by atoms with Gasteiger partial charge in [-0.05, 0) is 36.4 Å². The van der Waals surface area contributed by atoms with Crippen LogP contribution in [0.1, 0.15) is 5.56 Å². The zero-order chi connectivity index (χ0) is 14.0. The average Bonchev–Trinajstić information content (AvgIpc) is 2.39. The van der Waals surface area contributed by atoms with Crippen LogP contribution in [-0.2, 0) is 9.84 Å². The van der Waals surface area contributed by atoms with Gasteiger partial charge in [0.25, 0.3) is 0 Å². The van der Waals surface area contributed by atoms with Gasteiger partial charge < -0.3 is 0 Å². The summed E-state index contributed by atoms with van der Waals surface area (Å²) in [6.45, 7) is 0. The third-order valence-corrected chi connectivity index (χ3v) is 4.56. The fourth-order valence-electron chi connectivity index (χ4n) is 1.58. The summed E-state index contributed by atoms with van der Waals surface area (Å²) in [6.07, 6.45) is 0. The molecule has 0 amide bonds. The molecule has 0 aromatic heterocycles. The SMILES string of the molecule is N#Cc1c(F)cccc1S(=O)(=O)c1ccc(Cl)cc1. The Labute approximate surface area is 114 Å². The van der Waals surface area contributed by atoms with Crippen LogP contribution in [-0.4, -0.2) is 8.42 Å². The van der Waals surface area contributed by atoms with E-state index < -0.39 is 21.2 Å². The number of rotatable bonds is 2. The summed E-state index contributed by atoms with van der Waals surface area (Å²) in [7, 11) is -3.94. The normalized spacial score (nSPS) is 11.0. The molecule has 2 aromatic carbocycles. The zero-order valence-electron chi connectivity index (χ0n) is 9.47. The van der Waals surface area contributed by atoms with Crippen molar-refractivity contribution in [2.75, 3.05) is 0 Å². The molecule has 0 aliphatic carbocycles. The Hall–Kier alpha value is -1.90. The van der Waals surface area contributed by atoms with Crippen LogP contribution >= 0.6 is 11.6 Å². The number of halogens is 2. The summed E-state index contributed by atoms with van der Waals surface area (Å²) in [5, 5.41) is 9.27. The van der Waals surface area contributed by atoms with Crippen LogP contribution in [0.5, 0.6) is 0 Å². The Morgan fingerprint density at radius 1 is 1.11 bits per heavy atom. The van der Waals surface area contributed by atoms with Gasteiger partial charge in [0.1, 0.15) is 17.4 Å². The van der Waals surface area contributed by atoms with Crippen molar-refractivity contribution in [1.29, 1.82) is 5.26 Å². The first kappa shape index (κ1) is 13.5. The smallest absolute Gasteiger partial charge is 0.208 e. The molecule has 0 heterocycles. The lowest BCUT2D eigenvalue weighted by Crippen LogP contribution is -2.05. The highest BCUT2D eigenvalue weighted by atomic mass is 35.5. The van der Waals surface area contributed by atoms with E-state index in [4.69, 9.17) is 16.9 Å². The van der Waals surface area contributed by atoms with Crippen LogP contribution in [0.2, 0.25) is 5.02 Å². The summed E-state index contributed by atoms with van der Waals surface area (Å²) in [5.74, 6) is -0.863. The van der Waals surface area contributed by atoms with Crippen LogP contribution < -0.4 is 0 Å². The highest BCUT2D eigenvalue weighted by Gasteiger charge is 2.23. The van der Waals surface area contributed by atoms with E-state index in [2.05, 4.69) is 0 Å². The van der Waals surface area contributed by atoms with E-state index in [9.17, 15) is 12.8 Å². The highest BCUT2D eigenvalue weighted by Crippen LogP contribution is 2.26. The predicted molar refractivity (Wildman–Crippen MR) is 68.0 cm³/mol. The molecule has 19 heavy (non-hydrogen) atoms. The first-order chi connectivity index (χ1) is 8.96. The highest BCUT2D eigenvalue weighted by molar-refractivity contribution is 7.91. The largest absolute Gasteiger partial charge is 0.218 e. The van der Waals surface area contributed by atoms with Crippen molar-refractivity contribution in [2.45, 2.75) is 9.79 Å². The van der Waals surface area contributed by atoms with Gasteiger partial charge in [-0.25, -0.2) is 12.8 Å². The van der Waals surface area contributed by atoms with Crippen molar-refractivity contribution >= 4 is 21.4 Å². The topological polar surface area (TPSA) is 57.9 Å². The second kappa shape index (κ2) is 5.00. The van der Waals surface area contributed by atoms with Crippen molar-refractivity contribution < 1.29 is 12.8 Å². The Balaban J connectivity index is 2.68. The molecule has 0 aliphatic rings. The molecule has 0 unspecified atom stereocenters. The van der Waals surface area contributed by atoms with E-state index >= 15 is 0 Å². The Kier molecular flexibility index (Phi) is 3.56. The number of nitriles is 1. The van der Waals surface area contributed by atoms with Crippen molar-refractivity contribution in [2.24, 2.45) is 0 Å². The summed E-state index contributed by atoms with van der Waals surface area (Å²) >= 11 is 5.68. The van der Waals surface area contributed by atoms with Gasteiger partial charge in [-0.2, -0.15) is 5.26 Å². The lowest BCUT2D eigenvalue weighted by Gasteiger charge is -2.07. The number of benzene rings is 2. The molecule has 2 aromatic rings. The maximum atomic E-state index is 13.5. The molecule has 0 saturated heterocycles. The minimum Gasteiger partial charge on any atom is -0.218 e. The summed E-state index contributed by atoms with van der Waals surface area (Å²) in [5.41, 5.74) is -0.488. The second-order valence-electron chi connectivity index (χ2n) is 3.68. The van der Waals surface area contributed by atoms with Crippen LogP contribution in [0.25, 0.3) is 0 Å². The third-order valence-electron chi connectivity index (χ3n) is 2.50. The molecule has 0 fully saturated rings. The Morgan fingerprint density at radius 3 is 2.32 bits per heavy atom. The van der Waals surface area contributed by atoms with Crippen molar-refractivity contribution in [3.05, 3.63) is 58.9 Å². The minimum absolute atomic E-state index is 0.0426. The molecule has 96 valence electrons. The standard InChI is InChI=1S/C13H7ClFNO2S/c14-9-4-6-10(7-5-9)19(17,18)13-3-1-2-12(15)11(13)8-16/h1-7H. The molecule has 0 N–H and O–H groups in total. The average molecular weight is 296 g/mol. The van der Waals surface area contributed by atoms with E-state index in [1.165, 1.54) is 36.4 Å². The summed E-state index contributed by atoms with van der Waals surface area (Å²) in [4.78, 5) is -0.392. The van der Waals surface area contributed by atoms with Gasteiger partial charge in [-0.1, -0.05) is 17.7 Å². The lowest BCUT2D eigenvalue weighted by atomic mass is 10.2. The van der Waals surface area contributed by atoms with E-state index in [-0.39, 0.29) is 9.79 Å².